The van der Waals surface area contributed by atoms with Gasteiger partial charge in [-0.15, -0.1) is 0 Å². The molecule has 3 rings (SSSR count). The summed E-state index contributed by atoms with van der Waals surface area (Å²) >= 11 is 0. The summed E-state index contributed by atoms with van der Waals surface area (Å²) in [5.41, 5.74) is 0.596. The van der Waals surface area contributed by atoms with Crippen LogP contribution in [0, 0.1) is 5.82 Å². The summed E-state index contributed by atoms with van der Waals surface area (Å²) in [7, 11) is 0. The smallest absolute Gasteiger partial charge is 0.251 e. The second-order valence-corrected chi connectivity index (χ2v) is 6.24. The van der Waals surface area contributed by atoms with Crippen molar-refractivity contribution in [2.24, 2.45) is 0 Å². The predicted octanol–water partition coefficient (Wildman–Crippen LogP) is 4.39. The maximum Gasteiger partial charge on any atom is 0.251 e. The molecule has 0 atom stereocenters. The molecule has 0 aromatic heterocycles. The van der Waals surface area contributed by atoms with Crippen molar-refractivity contribution >= 4 is 17.5 Å². The van der Waals surface area contributed by atoms with E-state index in [1.165, 1.54) is 18.2 Å². The van der Waals surface area contributed by atoms with Crippen LogP contribution in [0.25, 0.3) is 0 Å². The highest BCUT2D eigenvalue weighted by Crippen LogP contribution is 2.30. The summed E-state index contributed by atoms with van der Waals surface area (Å²) in [6.07, 6.45) is 0. The summed E-state index contributed by atoms with van der Waals surface area (Å²) in [5, 5.41) is 5.16. The van der Waals surface area contributed by atoms with Crippen LogP contribution in [0.2, 0.25) is 0 Å². The minimum Gasteiger partial charge on any atom is -0.494 e. The first-order chi connectivity index (χ1) is 14.5. The molecular weight excluding hydrogens is 387 g/mol. The zero-order valence-electron chi connectivity index (χ0n) is 16.4. The molecule has 3 aromatic carbocycles. The first-order valence-corrected chi connectivity index (χ1v) is 9.38. The number of carbonyl (C=O) groups is 2. The van der Waals surface area contributed by atoms with Gasteiger partial charge < -0.3 is 20.1 Å². The lowest BCUT2D eigenvalue weighted by Gasteiger charge is -2.13. The van der Waals surface area contributed by atoms with E-state index in [1.807, 2.05) is 6.92 Å². The summed E-state index contributed by atoms with van der Waals surface area (Å²) < 4.78 is 24.5. The maximum absolute atomic E-state index is 13.2. The van der Waals surface area contributed by atoms with E-state index in [0.29, 0.717) is 23.8 Å². The van der Waals surface area contributed by atoms with Crippen molar-refractivity contribution in [2.45, 2.75) is 6.92 Å². The van der Waals surface area contributed by atoms with Gasteiger partial charge in [-0.3, -0.25) is 9.59 Å². The van der Waals surface area contributed by atoms with Crippen molar-refractivity contribution in [3.05, 3.63) is 84.2 Å². The molecule has 2 amide bonds. The summed E-state index contributed by atoms with van der Waals surface area (Å²) in [6.45, 7) is 2.21. The van der Waals surface area contributed by atoms with Crippen molar-refractivity contribution < 1.29 is 23.5 Å². The number of ether oxygens (including phenoxy) is 2. The van der Waals surface area contributed by atoms with Crippen LogP contribution in [0.5, 0.6) is 17.2 Å². The monoisotopic (exact) mass is 408 g/mol. The van der Waals surface area contributed by atoms with Gasteiger partial charge in [0, 0.05) is 5.56 Å². The first-order valence-electron chi connectivity index (χ1n) is 9.38. The highest BCUT2D eigenvalue weighted by atomic mass is 19.1. The fraction of sp³-hybridized carbons (Fsp3) is 0.130. The fourth-order valence-electron chi connectivity index (χ4n) is 2.64. The molecule has 30 heavy (non-hydrogen) atoms. The van der Waals surface area contributed by atoms with Crippen LogP contribution in [0.15, 0.2) is 72.8 Å². The minimum absolute atomic E-state index is 0.141. The van der Waals surface area contributed by atoms with E-state index in [4.69, 9.17) is 9.47 Å². The molecule has 3 aromatic rings. The van der Waals surface area contributed by atoms with Crippen molar-refractivity contribution in [2.75, 3.05) is 18.5 Å². The van der Waals surface area contributed by atoms with Crippen LogP contribution in [-0.4, -0.2) is 25.0 Å². The second-order valence-electron chi connectivity index (χ2n) is 6.24. The third kappa shape index (κ3) is 5.81. The van der Waals surface area contributed by atoms with E-state index < -0.39 is 17.6 Å². The molecule has 0 aliphatic carbocycles. The number of halogens is 1. The number of amides is 2. The minimum atomic E-state index is -0.538. The van der Waals surface area contributed by atoms with Gasteiger partial charge in [-0.25, -0.2) is 4.39 Å². The van der Waals surface area contributed by atoms with Crippen LogP contribution in [0.4, 0.5) is 10.1 Å². The van der Waals surface area contributed by atoms with Crippen LogP contribution in [0.1, 0.15) is 17.3 Å². The molecule has 0 heterocycles. The number of hydrogen-bond donors (Lipinski definition) is 2. The van der Waals surface area contributed by atoms with E-state index in [0.717, 1.165) is 11.8 Å². The van der Waals surface area contributed by atoms with Gasteiger partial charge in [-0.2, -0.15) is 0 Å². The number of hydrogen-bond acceptors (Lipinski definition) is 4. The Hall–Kier alpha value is -3.87. The lowest BCUT2D eigenvalue weighted by atomic mass is 10.2. The predicted molar refractivity (Wildman–Crippen MR) is 111 cm³/mol. The van der Waals surface area contributed by atoms with Crippen LogP contribution < -0.4 is 20.1 Å². The molecule has 0 fully saturated rings. The number of carbonyl (C=O) groups excluding carboxylic acids is 2. The zero-order chi connectivity index (χ0) is 21.3. The zero-order valence-corrected chi connectivity index (χ0v) is 16.4. The topological polar surface area (TPSA) is 76.7 Å². The number of para-hydroxylation sites is 2. The molecule has 0 unspecified atom stereocenters. The molecule has 0 spiro atoms. The highest BCUT2D eigenvalue weighted by molar-refractivity contribution is 5.99. The van der Waals surface area contributed by atoms with E-state index >= 15 is 0 Å². The molecular formula is C23H21FN2O4. The first kappa shape index (κ1) is 20.9. The average Bonchev–Trinajstić information content (AvgIpc) is 2.75. The molecule has 0 saturated carbocycles. The molecule has 6 nitrogen and oxygen atoms in total. The third-order valence-electron chi connectivity index (χ3n) is 4.02. The lowest BCUT2D eigenvalue weighted by molar-refractivity contribution is -0.115. The number of benzene rings is 3. The number of nitrogens with one attached hydrogen (secondary N) is 2. The van der Waals surface area contributed by atoms with Crippen LogP contribution in [0.3, 0.4) is 0 Å². The van der Waals surface area contributed by atoms with Crippen LogP contribution >= 0.6 is 0 Å². The number of rotatable bonds is 8. The maximum atomic E-state index is 13.2. The van der Waals surface area contributed by atoms with E-state index in [9.17, 15) is 14.0 Å². The molecule has 0 aliphatic heterocycles. The largest absolute Gasteiger partial charge is 0.494 e. The Kier molecular flexibility index (Phi) is 7.00. The molecule has 154 valence electrons. The standard InChI is InChI=1S/C23H21FN2O4/c1-2-29-18-10-12-19(13-11-18)30-21-9-4-3-8-20(21)26-22(27)15-25-23(28)16-6-5-7-17(24)14-16/h3-14H,2,15H2,1H3,(H,25,28)(H,26,27). The van der Waals surface area contributed by atoms with Gasteiger partial charge in [0.1, 0.15) is 17.3 Å². The van der Waals surface area contributed by atoms with Gasteiger partial charge in [0.25, 0.3) is 5.91 Å². The Balaban J connectivity index is 1.60. The van der Waals surface area contributed by atoms with Crippen molar-refractivity contribution in [1.29, 1.82) is 0 Å². The van der Waals surface area contributed by atoms with Gasteiger partial charge in [0.15, 0.2) is 5.75 Å². The summed E-state index contributed by atoms with van der Waals surface area (Å²) in [6, 6.07) is 19.3. The Morgan fingerprint density at radius 2 is 1.67 bits per heavy atom. The molecule has 7 heteroatoms. The molecule has 0 aliphatic rings. The molecule has 0 saturated heterocycles. The Labute approximate surface area is 173 Å². The fourth-order valence-corrected chi connectivity index (χ4v) is 2.64. The Morgan fingerprint density at radius 3 is 2.40 bits per heavy atom. The quantitative estimate of drug-likeness (QED) is 0.580. The van der Waals surface area contributed by atoms with E-state index in [2.05, 4.69) is 10.6 Å². The molecule has 2 N–H and O–H groups in total. The van der Waals surface area contributed by atoms with Crippen molar-refractivity contribution in [3.8, 4) is 17.2 Å². The second kappa shape index (κ2) is 10.1. The third-order valence-corrected chi connectivity index (χ3v) is 4.02. The van der Waals surface area contributed by atoms with Gasteiger partial charge in [0.2, 0.25) is 5.91 Å². The lowest BCUT2D eigenvalue weighted by Crippen LogP contribution is -2.32. The van der Waals surface area contributed by atoms with Crippen LogP contribution in [-0.2, 0) is 4.79 Å². The van der Waals surface area contributed by atoms with Gasteiger partial charge >= 0.3 is 0 Å². The molecule has 0 radical (unpaired) electrons. The van der Waals surface area contributed by atoms with Gasteiger partial charge in [-0.05, 0) is 61.5 Å². The normalized spacial score (nSPS) is 10.2. The SMILES string of the molecule is CCOc1ccc(Oc2ccccc2NC(=O)CNC(=O)c2cccc(F)c2)cc1. The van der Waals surface area contributed by atoms with E-state index in [-0.39, 0.29) is 12.1 Å². The summed E-state index contributed by atoms with van der Waals surface area (Å²) in [4.78, 5) is 24.3. The Morgan fingerprint density at radius 1 is 0.933 bits per heavy atom. The summed E-state index contributed by atoms with van der Waals surface area (Å²) in [5.74, 6) is 0.269. The average molecular weight is 408 g/mol. The van der Waals surface area contributed by atoms with Gasteiger partial charge in [0.05, 0.1) is 18.8 Å². The Bertz CT molecular complexity index is 1020. The van der Waals surface area contributed by atoms with Crippen molar-refractivity contribution in [1.82, 2.24) is 5.32 Å². The van der Waals surface area contributed by atoms with E-state index in [1.54, 1.807) is 48.5 Å². The van der Waals surface area contributed by atoms with Crippen molar-refractivity contribution in [3.63, 3.8) is 0 Å². The number of anilines is 1. The van der Waals surface area contributed by atoms with Gasteiger partial charge in [-0.1, -0.05) is 18.2 Å². The highest BCUT2D eigenvalue weighted by Gasteiger charge is 2.11. The molecule has 0 bridgehead atoms.